The van der Waals surface area contributed by atoms with Crippen molar-refractivity contribution in [2.45, 2.75) is 0 Å². The van der Waals surface area contributed by atoms with Gasteiger partial charge in [-0.25, -0.2) is 14.6 Å². The highest BCUT2D eigenvalue weighted by molar-refractivity contribution is 6.18. The van der Waals surface area contributed by atoms with E-state index in [0.717, 1.165) is 0 Å². The molecule has 0 aliphatic rings. The molecule has 6 nitrogen and oxygen atoms in total. The molecule has 0 saturated carbocycles. The van der Waals surface area contributed by atoms with Crippen LogP contribution in [0.15, 0.2) is 25.0 Å². The first-order valence-electron chi connectivity index (χ1n) is 3.90. The number of carboxylic acids is 2. The lowest BCUT2D eigenvalue weighted by Crippen LogP contribution is -2.07. The van der Waals surface area contributed by atoms with E-state index in [9.17, 15) is 9.59 Å². The third-order valence-electron chi connectivity index (χ3n) is 1.60. The van der Waals surface area contributed by atoms with Crippen molar-refractivity contribution in [1.82, 2.24) is 9.55 Å². The molecular formula is C9H8N2O4. The van der Waals surface area contributed by atoms with Gasteiger partial charge in [-0.2, -0.15) is 0 Å². The molecule has 1 heterocycles. The number of rotatable bonds is 4. The fourth-order valence-electron chi connectivity index (χ4n) is 1.01. The molecule has 0 bridgehead atoms. The molecule has 1 aromatic rings. The predicted octanol–water partition coefficient (Wildman–Crippen LogP) is 0.536. The van der Waals surface area contributed by atoms with Crippen molar-refractivity contribution in [2.75, 3.05) is 0 Å². The number of hydrogen-bond acceptors (Lipinski definition) is 3. The minimum absolute atomic E-state index is 0.0277. The highest BCUT2D eigenvalue weighted by atomic mass is 16.4. The Morgan fingerprint density at radius 1 is 1.47 bits per heavy atom. The average Bonchev–Trinajstić information content (AvgIpc) is 2.60. The SMILES string of the molecule is C=Cn1ccnc1C(=CC(=O)O)C(=O)O. The maximum Gasteiger partial charge on any atom is 0.339 e. The first-order chi connectivity index (χ1) is 7.06. The van der Waals surface area contributed by atoms with Gasteiger partial charge in [-0.15, -0.1) is 0 Å². The smallest absolute Gasteiger partial charge is 0.339 e. The summed E-state index contributed by atoms with van der Waals surface area (Å²) in [5, 5.41) is 17.3. The first kappa shape index (κ1) is 10.7. The van der Waals surface area contributed by atoms with Crippen LogP contribution in [0.2, 0.25) is 0 Å². The van der Waals surface area contributed by atoms with Gasteiger partial charge in [0.2, 0.25) is 0 Å². The largest absolute Gasteiger partial charge is 0.478 e. The van der Waals surface area contributed by atoms with Gasteiger partial charge in [-0.1, -0.05) is 6.58 Å². The van der Waals surface area contributed by atoms with E-state index in [1.54, 1.807) is 0 Å². The molecule has 1 rings (SSSR count). The van der Waals surface area contributed by atoms with E-state index in [4.69, 9.17) is 10.2 Å². The van der Waals surface area contributed by atoms with E-state index < -0.39 is 17.5 Å². The third kappa shape index (κ3) is 2.31. The Hall–Kier alpha value is -2.37. The Balaban J connectivity index is 3.27. The molecule has 0 atom stereocenters. The number of hydrogen-bond donors (Lipinski definition) is 2. The zero-order valence-corrected chi connectivity index (χ0v) is 7.62. The molecule has 0 aromatic carbocycles. The van der Waals surface area contributed by atoms with Gasteiger partial charge in [0.15, 0.2) is 5.82 Å². The summed E-state index contributed by atoms with van der Waals surface area (Å²) in [4.78, 5) is 24.9. The van der Waals surface area contributed by atoms with Gasteiger partial charge in [0.05, 0.1) is 0 Å². The van der Waals surface area contributed by atoms with Crippen molar-refractivity contribution in [3.05, 3.63) is 30.9 Å². The van der Waals surface area contributed by atoms with Gasteiger partial charge in [0.1, 0.15) is 5.57 Å². The average molecular weight is 208 g/mol. The summed E-state index contributed by atoms with van der Waals surface area (Å²) in [6.45, 7) is 3.44. The van der Waals surface area contributed by atoms with Crippen LogP contribution < -0.4 is 0 Å². The van der Waals surface area contributed by atoms with Gasteiger partial charge < -0.3 is 14.8 Å². The molecule has 0 amide bonds. The summed E-state index contributed by atoms with van der Waals surface area (Å²) in [7, 11) is 0. The van der Waals surface area contributed by atoms with E-state index in [0.29, 0.717) is 6.08 Å². The Kier molecular flexibility index (Phi) is 3.02. The lowest BCUT2D eigenvalue weighted by Gasteiger charge is -2.01. The normalized spacial score (nSPS) is 11.1. The zero-order chi connectivity index (χ0) is 11.4. The van der Waals surface area contributed by atoms with Crippen LogP contribution in [0.25, 0.3) is 11.8 Å². The minimum Gasteiger partial charge on any atom is -0.478 e. The van der Waals surface area contributed by atoms with Crippen LogP contribution >= 0.6 is 0 Å². The van der Waals surface area contributed by atoms with Crippen LogP contribution in [0.4, 0.5) is 0 Å². The van der Waals surface area contributed by atoms with Crippen LogP contribution in [0.5, 0.6) is 0 Å². The summed E-state index contributed by atoms with van der Waals surface area (Å²) in [5.41, 5.74) is -0.396. The van der Waals surface area contributed by atoms with E-state index in [-0.39, 0.29) is 5.82 Å². The number of aliphatic carboxylic acids is 2. The topological polar surface area (TPSA) is 92.4 Å². The quantitative estimate of drug-likeness (QED) is 0.704. The van der Waals surface area contributed by atoms with E-state index in [1.807, 2.05) is 0 Å². The molecule has 78 valence electrons. The second kappa shape index (κ2) is 4.23. The molecule has 0 spiro atoms. The molecule has 15 heavy (non-hydrogen) atoms. The standard InChI is InChI=1S/C9H8N2O4/c1-2-11-4-3-10-8(11)6(9(14)15)5-7(12)13/h2-5H,1H2,(H,12,13)(H,14,15). The van der Waals surface area contributed by atoms with Crippen molar-refractivity contribution in [2.24, 2.45) is 0 Å². The number of carbonyl (C=O) groups is 2. The Labute approximate surface area is 84.8 Å². The van der Waals surface area contributed by atoms with Crippen LogP contribution in [-0.4, -0.2) is 31.7 Å². The summed E-state index contributed by atoms with van der Waals surface area (Å²) in [5.74, 6) is -2.67. The summed E-state index contributed by atoms with van der Waals surface area (Å²) >= 11 is 0. The Morgan fingerprint density at radius 3 is 2.60 bits per heavy atom. The van der Waals surface area contributed by atoms with Crippen LogP contribution in [-0.2, 0) is 9.59 Å². The van der Waals surface area contributed by atoms with E-state index in [2.05, 4.69) is 11.6 Å². The van der Waals surface area contributed by atoms with Crippen molar-refractivity contribution >= 4 is 23.7 Å². The van der Waals surface area contributed by atoms with Gasteiger partial charge in [-0.3, -0.25) is 0 Å². The van der Waals surface area contributed by atoms with E-state index in [1.165, 1.54) is 23.2 Å². The fourth-order valence-corrected chi connectivity index (χ4v) is 1.01. The van der Waals surface area contributed by atoms with Crippen LogP contribution in [0, 0.1) is 0 Å². The lowest BCUT2D eigenvalue weighted by molar-refractivity contribution is -0.133. The second-order valence-corrected chi connectivity index (χ2v) is 2.54. The third-order valence-corrected chi connectivity index (χ3v) is 1.60. The number of aromatic nitrogens is 2. The molecule has 0 aliphatic heterocycles. The molecule has 0 saturated heterocycles. The lowest BCUT2D eigenvalue weighted by atomic mass is 10.2. The fraction of sp³-hybridized carbons (Fsp3) is 0. The molecular weight excluding hydrogens is 200 g/mol. The van der Waals surface area contributed by atoms with Gasteiger partial charge in [0.25, 0.3) is 0 Å². The first-order valence-corrected chi connectivity index (χ1v) is 3.90. The maximum atomic E-state index is 10.8. The highest BCUT2D eigenvalue weighted by Crippen LogP contribution is 2.12. The summed E-state index contributed by atoms with van der Waals surface area (Å²) in [6.07, 6.45) is 4.75. The van der Waals surface area contributed by atoms with Crippen LogP contribution in [0.3, 0.4) is 0 Å². The van der Waals surface area contributed by atoms with Crippen LogP contribution in [0.1, 0.15) is 5.82 Å². The van der Waals surface area contributed by atoms with Crippen molar-refractivity contribution in [1.29, 1.82) is 0 Å². The number of nitrogens with zero attached hydrogens (tertiary/aromatic N) is 2. The minimum atomic E-state index is -1.35. The molecule has 1 aromatic heterocycles. The van der Waals surface area contributed by atoms with E-state index >= 15 is 0 Å². The summed E-state index contributed by atoms with van der Waals surface area (Å²) in [6, 6.07) is 0. The Bertz CT molecular complexity index is 445. The van der Waals surface area contributed by atoms with Crippen molar-refractivity contribution in [3.8, 4) is 0 Å². The van der Waals surface area contributed by atoms with Crippen molar-refractivity contribution < 1.29 is 19.8 Å². The maximum absolute atomic E-state index is 10.8. The monoisotopic (exact) mass is 208 g/mol. The molecule has 0 unspecified atom stereocenters. The molecule has 0 fully saturated rings. The molecule has 6 heteroatoms. The molecule has 2 N–H and O–H groups in total. The van der Waals surface area contributed by atoms with Gasteiger partial charge >= 0.3 is 11.9 Å². The molecule has 0 aliphatic carbocycles. The second-order valence-electron chi connectivity index (χ2n) is 2.54. The van der Waals surface area contributed by atoms with Gasteiger partial charge in [-0.05, 0) is 0 Å². The molecule has 0 radical (unpaired) electrons. The van der Waals surface area contributed by atoms with Gasteiger partial charge in [0, 0.05) is 24.7 Å². The summed E-state index contributed by atoms with van der Waals surface area (Å²) < 4.78 is 1.32. The zero-order valence-electron chi connectivity index (χ0n) is 7.62. The number of imidazole rings is 1. The Morgan fingerprint density at radius 2 is 2.13 bits per heavy atom. The number of carboxylic acid groups (broad SMARTS) is 2. The predicted molar refractivity (Wildman–Crippen MR) is 51.9 cm³/mol. The highest BCUT2D eigenvalue weighted by Gasteiger charge is 2.16. The van der Waals surface area contributed by atoms with Crippen molar-refractivity contribution in [3.63, 3.8) is 0 Å².